The van der Waals surface area contributed by atoms with E-state index < -0.39 is 0 Å². The Bertz CT molecular complexity index is 932. The summed E-state index contributed by atoms with van der Waals surface area (Å²) in [5.74, 6) is 1.29. The number of halogens is 1. The van der Waals surface area contributed by atoms with Gasteiger partial charge in [-0.1, -0.05) is 20.8 Å². The number of nitrogens with zero attached hydrogens (tertiary/aromatic N) is 5. The Morgan fingerprint density at radius 3 is 2.75 bits per heavy atom. The van der Waals surface area contributed by atoms with Crippen LogP contribution in [-0.4, -0.2) is 25.9 Å². The Morgan fingerprint density at radius 1 is 1.25 bits per heavy atom. The van der Waals surface area contributed by atoms with Crippen LogP contribution in [-0.2, 0) is 0 Å². The van der Waals surface area contributed by atoms with Crippen molar-refractivity contribution in [3.8, 4) is 17.6 Å². The first-order valence-electron chi connectivity index (χ1n) is 7.51. The molecule has 0 radical (unpaired) electrons. The average Bonchev–Trinajstić information content (AvgIpc) is 2.96. The average molecular weight is 385 g/mol. The Kier molecular flexibility index (Phi) is 4.24. The minimum Gasteiger partial charge on any atom is -0.368 e. The predicted molar refractivity (Wildman–Crippen MR) is 96.6 cm³/mol. The van der Waals surface area contributed by atoms with Crippen LogP contribution >= 0.6 is 15.9 Å². The number of hydrogen-bond acceptors (Lipinski definition) is 5. The first kappa shape index (κ1) is 16.4. The van der Waals surface area contributed by atoms with E-state index >= 15 is 0 Å². The lowest BCUT2D eigenvalue weighted by molar-refractivity contribution is 0.442. The highest BCUT2D eigenvalue weighted by Crippen LogP contribution is 2.25. The van der Waals surface area contributed by atoms with Crippen molar-refractivity contribution in [1.82, 2.24) is 19.4 Å². The third-order valence-corrected chi connectivity index (χ3v) is 3.97. The molecule has 3 heterocycles. The molecule has 0 unspecified atom stereocenters. The van der Waals surface area contributed by atoms with E-state index in [2.05, 4.69) is 63.0 Å². The van der Waals surface area contributed by atoms with Crippen LogP contribution in [0.25, 0.3) is 17.2 Å². The summed E-state index contributed by atoms with van der Waals surface area (Å²) in [5.41, 5.74) is 2.19. The van der Waals surface area contributed by atoms with Crippen molar-refractivity contribution in [2.24, 2.45) is 5.41 Å². The van der Waals surface area contributed by atoms with E-state index in [-0.39, 0.29) is 5.41 Å². The van der Waals surface area contributed by atoms with Gasteiger partial charge in [-0.05, 0) is 33.5 Å². The number of nitrogens with one attached hydrogen (secondary N) is 1. The van der Waals surface area contributed by atoms with Crippen LogP contribution < -0.4 is 5.32 Å². The van der Waals surface area contributed by atoms with E-state index in [0.29, 0.717) is 11.4 Å². The highest BCUT2D eigenvalue weighted by Gasteiger charge is 2.14. The fourth-order valence-electron chi connectivity index (χ4n) is 2.18. The number of pyridine rings is 1. The monoisotopic (exact) mass is 384 g/mol. The Labute approximate surface area is 148 Å². The number of anilines is 1. The summed E-state index contributed by atoms with van der Waals surface area (Å²) in [5, 5.41) is 12.4. The molecule has 122 valence electrons. The first-order chi connectivity index (χ1) is 11.4. The van der Waals surface area contributed by atoms with Gasteiger partial charge in [0.15, 0.2) is 5.82 Å². The van der Waals surface area contributed by atoms with Crippen molar-refractivity contribution in [1.29, 1.82) is 5.26 Å². The van der Waals surface area contributed by atoms with Gasteiger partial charge in [-0.25, -0.2) is 15.0 Å². The third kappa shape index (κ3) is 3.39. The molecule has 0 fully saturated rings. The van der Waals surface area contributed by atoms with Crippen LogP contribution in [0.3, 0.4) is 0 Å². The van der Waals surface area contributed by atoms with Gasteiger partial charge in [0.05, 0.1) is 16.2 Å². The molecule has 0 amide bonds. The second kappa shape index (κ2) is 6.21. The van der Waals surface area contributed by atoms with E-state index in [1.54, 1.807) is 30.7 Å². The van der Waals surface area contributed by atoms with E-state index in [0.717, 1.165) is 28.2 Å². The number of hydrogen-bond donors (Lipinski definition) is 1. The molecule has 0 aliphatic heterocycles. The number of nitriles is 1. The minimum atomic E-state index is 0.134. The maximum atomic E-state index is 9.09. The lowest BCUT2D eigenvalue weighted by Gasteiger charge is -2.19. The highest BCUT2D eigenvalue weighted by molar-refractivity contribution is 9.10. The molecule has 0 aliphatic rings. The Morgan fingerprint density at radius 2 is 2.04 bits per heavy atom. The van der Waals surface area contributed by atoms with Crippen LogP contribution in [0.5, 0.6) is 0 Å². The Hall–Kier alpha value is -2.46. The number of rotatable bonds is 3. The fourth-order valence-corrected chi connectivity index (χ4v) is 2.51. The molecule has 0 saturated heterocycles. The number of imidazole rings is 1. The smallest absolute Gasteiger partial charge is 0.180 e. The summed E-state index contributed by atoms with van der Waals surface area (Å²) < 4.78 is 2.64. The van der Waals surface area contributed by atoms with Crippen LogP contribution in [0.15, 0.2) is 35.2 Å². The second-order valence-corrected chi connectivity index (χ2v) is 7.56. The van der Waals surface area contributed by atoms with Gasteiger partial charge in [-0.15, -0.1) is 0 Å². The summed E-state index contributed by atoms with van der Waals surface area (Å²) in [6.07, 6.45) is 5.18. The predicted octanol–water partition coefficient (Wildman–Crippen LogP) is 3.88. The molecular formula is C17H17BrN6. The summed E-state index contributed by atoms with van der Waals surface area (Å²) in [7, 11) is 0. The summed E-state index contributed by atoms with van der Waals surface area (Å²) >= 11 is 3.48. The van der Waals surface area contributed by atoms with E-state index in [9.17, 15) is 0 Å². The zero-order valence-corrected chi connectivity index (χ0v) is 15.3. The van der Waals surface area contributed by atoms with Gasteiger partial charge in [0.2, 0.25) is 0 Å². The van der Waals surface area contributed by atoms with Gasteiger partial charge < -0.3 is 5.32 Å². The zero-order chi connectivity index (χ0) is 17.3. The molecule has 0 aromatic carbocycles. The second-order valence-electron chi connectivity index (χ2n) is 6.71. The molecule has 1 N–H and O–H groups in total. The van der Waals surface area contributed by atoms with Crippen molar-refractivity contribution < 1.29 is 0 Å². The van der Waals surface area contributed by atoms with Gasteiger partial charge in [0.1, 0.15) is 23.2 Å². The van der Waals surface area contributed by atoms with Crippen LogP contribution in [0.4, 0.5) is 5.82 Å². The van der Waals surface area contributed by atoms with Crippen molar-refractivity contribution in [3.63, 3.8) is 0 Å². The summed E-state index contributed by atoms with van der Waals surface area (Å²) in [6.45, 7) is 7.26. The Balaban J connectivity index is 2.02. The molecule has 0 bridgehead atoms. The molecule has 0 spiro atoms. The molecule has 0 atom stereocenters. The topological polar surface area (TPSA) is 78.9 Å². The molecule has 3 aromatic rings. The normalized spacial score (nSPS) is 11.5. The van der Waals surface area contributed by atoms with E-state index in [4.69, 9.17) is 5.26 Å². The van der Waals surface area contributed by atoms with Crippen LogP contribution in [0.2, 0.25) is 0 Å². The van der Waals surface area contributed by atoms with Crippen molar-refractivity contribution in [2.45, 2.75) is 20.8 Å². The highest BCUT2D eigenvalue weighted by atomic mass is 79.9. The van der Waals surface area contributed by atoms with E-state index in [1.807, 2.05) is 4.40 Å². The lowest BCUT2D eigenvalue weighted by Crippen LogP contribution is -2.20. The molecule has 7 heteroatoms. The molecule has 6 nitrogen and oxygen atoms in total. The first-order valence-corrected chi connectivity index (χ1v) is 8.31. The quantitative estimate of drug-likeness (QED) is 0.740. The maximum absolute atomic E-state index is 9.09. The van der Waals surface area contributed by atoms with Gasteiger partial charge in [0, 0.05) is 18.9 Å². The van der Waals surface area contributed by atoms with Crippen molar-refractivity contribution in [3.05, 3.63) is 40.8 Å². The number of aromatic nitrogens is 4. The summed E-state index contributed by atoms with van der Waals surface area (Å²) in [6, 6.07) is 5.68. The lowest BCUT2D eigenvalue weighted by atomic mass is 9.97. The van der Waals surface area contributed by atoms with Crippen molar-refractivity contribution >= 4 is 27.4 Å². The molecule has 0 aliphatic carbocycles. The van der Waals surface area contributed by atoms with Crippen molar-refractivity contribution in [2.75, 3.05) is 11.9 Å². The molecule has 3 rings (SSSR count). The molecule has 24 heavy (non-hydrogen) atoms. The fraction of sp³-hybridized carbons (Fsp3) is 0.294. The minimum absolute atomic E-state index is 0.134. The van der Waals surface area contributed by atoms with Gasteiger partial charge in [-0.3, -0.25) is 4.40 Å². The third-order valence-electron chi connectivity index (χ3n) is 3.39. The standard InChI is InChI=1S/C17H17BrN6/c1-17(2,3)10-22-15-12(18)7-21-16(23-15)13-8-20-14-5-4-11(6-19)9-24(13)14/h4-5,7-9H,10H2,1-3H3,(H,21,22,23). The van der Waals surface area contributed by atoms with Gasteiger partial charge in [0.25, 0.3) is 0 Å². The molecule has 0 saturated carbocycles. The van der Waals surface area contributed by atoms with Crippen LogP contribution in [0.1, 0.15) is 26.3 Å². The molecular weight excluding hydrogens is 368 g/mol. The maximum Gasteiger partial charge on any atom is 0.180 e. The summed E-state index contributed by atoms with van der Waals surface area (Å²) in [4.78, 5) is 13.3. The van der Waals surface area contributed by atoms with Gasteiger partial charge >= 0.3 is 0 Å². The number of fused-ring (bicyclic) bond motifs is 1. The van der Waals surface area contributed by atoms with Crippen LogP contribution in [0, 0.1) is 16.7 Å². The van der Waals surface area contributed by atoms with E-state index in [1.165, 1.54) is 0 Å². The SMILES string of the molecule is CC(C)(C)CNc1nc(-c2cnc3ccc(C#N)cn23)ncc1Br. The van der Waals surface area contributed by atoms with Gasteiger partial charge in [-0.2, -0.15) is 5.26 Å². The zero-order valence-electron chi connectivity index (χ0n) is 13.7. The largest absolute Gasteiger partial charge is 0.368 e. The molecule has 3 aromatic heterocycles.